The molecule has 1 atom stereocenters. The molecule has 1 amide bonds. The second-order valence-electron chi connectivity index (χ2n) is 13.6. The van der Waals surface area contributed by atoms with Gasteiger partial charge in [-0.25, -0.2) is 13.1 Å². The largest absolute Gasteiger partial charge is 0.633 e. The highest BCUT2D eigenvalue weighted by atomic mass is 79.9. The number of nitrogens with one attached hydrogen (secondary N) is 1. The molecule has 446 valence electrons. The van der Waals surface area contributed by atoms with Gasteiger partial charge in [0, 0.05) is 32.6 Å². The number of carbonyl (C=O) groups is 5. The topological polar surface area (TPSA) is 175 Å². The number of carbonyl (C=O) groups excluding carboxylic acids is 5. The number of benzene rings is 4. The number of halogens is 2. The number of alkyl halides is 1. The van der Waals surface area contributed by atoms with E-state index in [1.54, 1.807) is 67.2 Å². The lowest BCUT2D eigenvalue weighted by Gasteiger charge is -2.41. The van der Waals surface area contributed by atoms with Crippen LogP contribution in [0.1, 0.15) is 224 Å². The minimum absolute atomic E-state index is 0. The van der Waals surface area contributed by atoms with Crippen molar-refractivity contribution >= 4 is 78.0 Å². The van der Waals surface area contributed by atoms with E-state index in [1.807, 2.05) is 167 Å². The standard InChI is InChI=1S/C12H13NO4S.C9H8O2.C9H12O.C7H7Br.C6H13NO.C2H5Br.C2H4O.8C2H6/c1-9(14)11-6-4-3-5-10(11)7-8-12(15)13-18(2,16)17;1-7(11)9-5-3-2-4-8(9)6-10;1-7-5-3-4-6-9(7)8(2)10;1-6-4-2-3-5-7(6)8;1-7(8)5-3-2-4-6-7;2*1-2-3;8*1-2/h3-8H,1-2H3,(H,13,15);2-6H,1H3;3-6,8,10H,1-2H3;2-5H,1H3;2-6H2,1H3;2H2,1H3;2H,1H3;8*1-2H3/b8-7+;;;;;;;;;;;;;;. The summed E-state index contributed by atoms with van der Waals surface area (Å²) < 4.78 is 24.6. The SMILES string of the molecule is CC.CC.CC.CC.CC.CC.CC.CC.CC(=O)c1ccccc1/C=C/C(=O)NS(C)(=O)=O.CC(=O)c1ccccc1C=O.CC=O.CCBr.C[N+]1([O-])CCCCC1.Cc1ccccc1Br.Cc1ccccc1C(C)O. The molecule has 2 N–H and O–H groups in total. The fourth-order valence-electron chi connectivity index (χ4n) is 5.05. The lowest BCUT2D eigenvalue weighted by atomic mass is 10.0. The number of aliphatic hydroxyl groups is 1. The van der Waals surface area contributed by atoms with Crippen LogP contribution in [-0.4, -0.2) is 79.9 Å². The van der Waals surface area contributed by atoms with Crippen molar-refractivity contribution in [1.82, 2.24) is 4.72 Å². The maximum atomic E-state index is 11.3. The lowest BCUT2D eigenvalue weighted by molar-refractivity contribution is -0.865. The molecule has 11 nitrogen and oxygen atoms in total. The number of likely N-dealkylation sites (tertiary alicyclic amines) is 1. The molecule has 0 saturated carbocycles. The highest BCUT2D eigenvalue weighted by Gasteiger charge is 2.13. The monoisotopic (exact) mass is 1230 g/mol. The van der Waals surface area contributed by atoms with E-state index < -0.39 is 15.9 Å². The summed E-state index contributed by atoms with van der Waals surface area (Å²) >= 11 is 6.54. The molecule has 1 unspecified atom stereocenters. The fraction of sp³-hybridized carbons (Fsp3) is 0.508. The summed E-state index contributed by atoms with van der Waals surface area (Å²) in [6, 6.07) is 29.5. The first kappa shape index (κ1) is 94.9. The molecular formula is C63H110Br2N2O9S. The third-order valence-electron chi connectivity index (χ3n) is 7.98. The number of Topliss-reactive ketones (excluding diaryl/α,β-unsaturated/α-hetero) is 2. The molecule has 4 aromatic carbocycles. The Kier molecular flexibility index (Phi) is 88.2. The van der Waals surface area contributed by atoms with Crippen LogP contribution in [-0.2, 0) is 19.6 Å². The van der Waals surface area contributed by atoms with Crippen LogP contribution >= 0.6 is 31.9 Å². The zero-order valence-corrected chi connectivity index (χ0v) is 56.7. The molecule has 5 rings (SSSR count). The van der Waals surface area contributed by atoms with Crippen LogP contribution in [0.25, 0.3) is 6.08 Å². The number of amides is 1. The molecule has 1 heterocycles. The third-order valence-corrected chi connectivity index (χ3v) is 9.45. The van der Waals surface area contributed by atoms with Crippen LogP contribution < -0.4 is 4.72 Å². The Morgan fingerprint density at radius 1 is 0.649 bits per heavy atom. The summed E-state index contributed by atoms with van der Waals surface area (Å²) in [5, 5.41) is 21.3. The molecule has 1 aliphatic rings. The molecule has 77 heavy (non-hydrogen) atoms. The van der Waals surface area contributed by atoms with E-state index in [1.165, 1.54) is 43.3 Å². The average molecular weight is 1230 g/mol. The number of aryl methyl sites for hydroxylation is 2. The van der Waals surface area contributed by atoms with Crippen molar-refractivity contribution in [2.45, 2.75) is 185 Å². The number of quaternary nitrogens is 1. The Morgan fingerprint density at radius 3 is 1.23 bits per heavy atom. The number of rotatable bonds is 7. The van der Waals surface area contributed by atoms with Gasteiger partial charge in [-0.1, -0.05) is 241 Å². The Labute approximate surface area is 490 Å². The van der Waals surface area contributed by atoms with Crippen molar-refractivity contribution in [3.05, 3.63) is 152 Å². The summed E-state index contributed by atoms with van der Waals surface area (Å²) in [5.41, 5.74) is 5.43. The fourth-order valence-corrected chi connectivity index (χ4v) is 5.77. The molecule has 0 spiro atoms. The zero-order valence-electron chi connectivity index (χ0n) is 52.7. The number of sulfonamides is 1. The second kappa shape index (κ2) is 71.6. The third kappa shape index (κ3) is 64.0. The van der Waals surface area contributed by atoms with E-state index in [4.69, 9.17) is 4.79 Å². The molecule has 0 radical (unpaired) electrons. The first-order chi connectivity index (χ1) is 36.6. The Hall–Kier alpha value is -4.44. The van der Waals surface area contributed by atoms with Gasteiger partial charge in [-0.2, -0.15) is 0 Å². The predicted octanol–water partition coefficient (Wildman–Crippen LogP) is 18.4. The van der Waals surface area contributed by atoms with Gasteiger partial charge in [0.1, 0.15) is 6.29 Å². The van der Waals surface area contributed by atoms with Crippen molar-refractivity contribution < 1.29 is 42.1 Å². The number of hydroxylamine groups is 3. The molecule has 1 fully saturated rings. The number of hydrogen-bond acceptors (Lipinski definition) is 9. The van der Waals surface area contributed by atoms with Crippen molar-refractivity contribution in [2.75, 3.05) is 31.7 Å². The molecule has 0 aliphatic carbocycles. The van der Waals surface area contributed by atoms with Crippen LogP contribution in [0.2, 0.25) is 0 Å². The van der Waals surface area contributed by atoms with Gasteiger partial charge in [0.25, 0.3) is 5.91 Å². The molecule has 0 bridgehead atoms. The number of ketones is 2. The predicted molar refractivity (Wildman–Crippen MR) is 346 cm³/mol. The van der Waals surface area contributed by atoms with E-state index in [0.29, 0.717) is 28.5 Å². The van der Waals surface area contributed by atoms with Gasteiger partial charge >= 0.3 is 0 Å². The van der Waals surface area contributed by atoms with Crippen LogP contribution in [0.15, 0.2) is 108 Å². The molecule has 1 aliphatic heterocycles. The van der Waals surface area contributed by atoms with Crippen molar-refractivity contribution in [1.29, 1.82) is 0 Å². The van der Waals surface area contributed by atoms with E-state index in [2.05, 4.69) is 44.8 Å². The quantitative estimate of drug-likeness (QED) is 0.0456. The first-order valence-corrected chi connectivity index (χ1v) is 31.2. The minimum Gasteiger partial charge on any atom is -0.633 e. The molecule has 0 aromatic heterocycles. The summed E-state index contributed by atoms with van der Waals surface area (Å²) in [6.45, 7) is 45.9. The molecular weight excluding hydrogens is 1120 g/mol. The summed E-state index contributed by atoms with van der Waals surface area (Å²) in [4.78, 5) is 52.6. The van der Waals surface area contributed by atoms with Crippen molar-refractivity contribution in [2.24, 2.45) is 0 Å². The number of nitrogens with zero attached hydrogens (tertiary/aromatic N) is 1. The number of hydrogen-bond donors (Lipinski definition) is 2. The Bertz CT molecular complexity index is 2040. The van der Waals surface area contributed by atoms with E-state index in [0.717, 1.165) is 61.0 Å². The maximum Gasteiger partial charge on any atom is 0.257 e. The van der Waals surface area contributed by atoms with Crippen LogP contribution in [0.4, 0.5) is 0 Å². The van der Waals surface area contributed by atoms with Gasteiger partial charge in [-0.3, -0.25) is 19.2 Å². The highest BCUT2D eigenvalue weighted by Crippen LogP contribution is 2.16. The lowest BCUT2D eigenvalue weighted by Crippen LogP contribution is -2.41. The number of aliphatic hydroxyl groups excluding tert-OH is 1. The average Bonchev–Trinajstić information content (AvgIpc) is 3.44. The number of piperidine rings is 1. The van der Waals surface area contributed by atoms with Crippen molar-refractivity contribution in [3.63, 3.8) is 0 Å². The van der Waals surface area contributed by atoms with Gasteiger partial charge in [0.15, 0.2) is 17.9 Å². The van der Waals surface area contributed by atoms with Crippen LogP contribution in [0.5, 0.6) is 0 Å². The van der Waals surface area contributed by atoms with Gasteiger partial charge in [0.2, 0.25) is 10.0 Å². The zero-order chi connectivity index (χ0) is 63.0. The van der Waals surface area contributed by atoms with Gasteiger partial charge in [0.05, 0.1) is 32.5 Å². The summed E-state index contributed by atoms with van der Waals surface area (Å²) in [7, 11) is -1.81. The van der Waals surface area contributed by atoms with Gasteiger partial charge in [-0.05, 0) is 95.2 Å². The second-order valence-corrected chi connectivity index (χ2v) is 17.3. The maximum absolute atomic E-state index is 11.3. The van der Waals surface area contributed by atoms with E-state index in [-0.39, 0.29) is 22.3 Å². The summed E-state index contributed by atoms with van der Waals surface area (Å²) in [5.74, 6) is -0.956. The van der Waals surface area contributed by atoms with Crippen LogP contribution in [0.3, 0.4) is 0 Å². The first-order valence-electron chi connectivity index (χ1n) is 27.4. The molecule has 4 aromatic rings. The minimum atomic E-state index is -3.57. The Morgan fingerprint density at radius 2 is 0.974 bits per heavy atom. The normalized spacial score (nSPS) is 10.6. The summed E-state index contributed by atoms with van der Waals surface area (Å²) in [6.07, 6.45) is 7.97. The molecule has 1 saturated heterocycles. The van der Waals surface area contributed by atoms with Crippen molar-refractivity contribution in [3.8, 4) is 0 Å². The highest BCUT2D eigenvalue weighted by molar-refractivity contribution is 9.10. The van der Waals surface area contributed by atoms with Gasteiger partial charge in [-0.15, -0.1) is 0 Å². The Balaban J connectivity index is -0.0000000849. The van der Waals surface area contributed by atoms with Crippen LogP contribution in [0, 0.1) is 19.1 Å². The van der Waals surface area contributed by atoms with E-state index in [9.17, 15) is 37.9 Å². The van der Waals surface area contributed by atoms with E-state index >= 15 is 0 Å². The smallest absolute Gasteiger partial charge is 0.257 e. The molecule has 14 heteroatoms. The number of aldehydes is 2. The van der Waals surface area contributed by atoms with Gasteiger partial charge < -0.3 is 19.8 Å².